The maximum atomic E-state index is 9.77. The SMILES string of the molecule is CC(C)CC(O)CNCc1cnc(N(C)C)n1C. The van der Waals surface area contributed by atoms with E-state index >= 15 is 0 Å². The monoisotopic (exact) mass is 254 g/mol. The van der Waals surface area contributed by atoms with Crippen molar-refractivity contribution in [1.82, 2.24) is 14.9 Å². The number of aromatic nitrogens is 2. The van der Waals surface area contributed by atoms with Crippen LogP contribution in [0.2, 0.25) is 0 Å². The van der Waals surface area contributed by atoms with Crippen LogP contribution in [0.15, 0.2) is 6.20 Å². The number of nitrogens with one attached hydrogen (secondary N) is 1. The van der Waals surface area contributed by atoms with Crippen molar-refractivity contribution < 1.29 is 5.11 Å². The van der Waals surface area contributed by atoms with Gasteiger partial charge in [0.2, 0.25) is 5.95 Å². The first-order valence-corrected chi connectivity index (χ1v) is 6.48. The molecule has 0 radical (unpaired) electrons. The second kappa shape index (κ2) is 6.75. The quantitative estimate of drug-likeness (QED) is 0.762. The molecule has 1 heterocycles. The van der Waals surface area contributed by atoms with Crippen LogP contribution in [0.3, 0.4) is 0 Å². The van der Waals surface area contributed by atoms with Crippen LogP contribution >= 0.6 is 0 Å². The van der Waals surface area contributed by atoms with E-state index in [1.165, 1.54) is 0 Å². The summed E-state index contributed by atoms with van der Waals surface area (Å²) >= 11 is 0. The van der Waals surface area contributed by atoms with Gasteiger partial charge in [-0.3, -0.25) is 0 Å². The Morgan fingerprint density at radius 3 is 2.61 bits per heavy atom. The Bertz CT molecular complexity index is 360. The van der Waals surface area contributed by atoms with Gasteiger partial charge in [-0.05, 0) is 12.3 Å². The number of rotatable bonds is 7. The molecule has 1 aromatic rings. The minimum absolute atomic E-state index is 0.272. The van der Waals surface area contributed by atoms with E-state index in [-0.39, 0.29) is 6.10 Å². The molecule has 5 nitrogen and oxygen atoms in total. The molecule has 0 fully saturated rings. The summed E-state index contributed by atoms with van der Waals surface area (Å²) in [5.74, 6) is 1.47. The van der Waals surface area contributed by atoms with Crippen molar-refractivity contribution in [2.75, 3.05) is 25.5 Å². The van der Waals surface area contributed by atoms with Gasteiger partial charge in [0, 0.05) is 34.2 Å². The average Bonchev–Trinajstić information content (AvgIpc) is 2.59. The zero-order chi connectivity index (χ0) is 13.7. The lowest BCUT2D eigenvalue weighted by Crippen LogP contribution is -2.28. The standard InChI is InChI=1S/C13H26N4O/c1-10(2)6-12(18)9-14-7-11-8-15-13(16(3)4)17(11)5/h8,10,12,14,18H,6-7,9H2,1-5H3. The predicted octanol–water partition coefficient (Wildman–Crippen LogP) is 0.983. The zero-order valence-corrected chi connectivity index (χ0v) is 12.1. The Labute approximate surface area is 110 Å². The molecule has 0 aliphatic carbocycles. The van der Waals surface area contributed by atoms with E-state index < -0.39 is 0 Å². The number of anilines is 1. The van der Waals surface area contributed by atoms with Gasteiger partial charge in [-0.25, -0.2) is 4.98 Å². The smallest absolute Gasteiger partial charge is 0.204 e. The van der Waals surface area contributed by atoms with E-state index in [0.29, 0.717) is 12.5 Å². The molecule has 0 saturated heterocycles. The summed E-state index contributed by atoms with van der Waals surface area (Å²) in [6.45, 7) is 5.59. The molecule has 0 amide bonds. The molecule has 0 aliphatic heterocycles. The van der Waals surface area contributed by atoms with Crippen molar-refractivity contribution >= 4 is 5.95 Å². The summed E-state index contributed by atoms with van der Waals surface area (Å²) in [5.41, 5.74) is 1.12. The number of hydrogen-bond donors (Lipinski definition) is 2. The highest BCUT2D eigenvalue weighted by atomic mass is 16.3. The minimum atomic E-state index is -0.272. The second-order valence-electron chi connectivity index (χ2n) is 5.42. The summed E-state index contributed by atoms with van der Waals surface area (Å²) < 4.78 is 2.06. The second-order valence-corrected chi connectivity index (χ2v) is 5.42. The Morgan fingerprint density at radius 2 is 2.11 bits per heavy atom. The summed E-state index contributed by atoms with van der Waals surface area (Å²) in [5, 5.41) is 13.0. The van der Waals surface area contributed by atoms with Crippen molar-refractivity contribution in [1.29, 1.82) is 0 Å². The van der Waals surface area contributed by atoms with Crippen LogP contribution in [-0.2, 0) is 13.6 Å². The van der Waals surface area contributed by atoms with Crippen molar-refractivity contribution in [3.63, 3.8) is 0 Å². The summed E-state index contributed by atoms with van der Waals surface area (Å²) in [7, 11) is 5.96. The number of aliphatic hydroxyl groups is 1. The molecule has 0 saturated carbocycles. The first kappa shape index (κ1) is 15.0. The van der Waals surface area contributed by atoms with Gasteiger partial charge >= 0.3 is 0 Å². The predicted molar refractivity (Wildman–Crippen MR) is 74.7 cm³/mol. The fourth-order valence-corrected chi connectivity index (χ4v) is 2.01. The van der Waals surface area contributed by atoms with Gasteiger partial charge in [-0.15, -0.1) is 0 Å². The molecule has 0 aromatic carbocycles. The number of aliphatic hydroxyl groups excluding tert-OH is 1. The molecular formula is C13H26N4O. The largest absolute Gasteiger partial charge is 0.392 e. The summed E-state index contributed by atoms with van der Waals surface area (Å²) in [6, 6.07) is 0. The highest BCUT2D eigenvalue weighted by molar-refractivity contribution is 5.30. The zero-order valence-electron chi connectivity index (χ0n) is 12.1. The minimum Gasteiger partial charge on any atom is -0.392 e. The molecule has 0 bridgehead atoms. The molecular weight excluding hydrogens is 228 g/mol. The lowest BCUT2D eigenvalue weighted by Gasteiger charge is -2.15. The van der Waals surface area contributed by atoms with E-state index in [1.807, 2.05) is 32.2 Å². The van der Waals surface area contributed by atoms with Crippen LogP contribution in [0.1, 0.15) is 26.0 Å². The first-order valence-electron chi connectivity index (χ1n) is 6.48. The lowest BCUT2D eigenvalue weighted by molar-refractivity contribution is 0.146. The van der Waals surface area contributed by atoms with Crippen LogP contribution in [0.5, 0.6) is 0 Å². The van der Waals surface area contributed by atoms with Crippen molar-refractivity contribution in [3.05, 3.63) is 11.9 Å². The number of nitrogens with zero attached hydrogens (tertiary/aromatic N) is 3. The number of imidazole rings is 1. The Hall–Kier alpha value is -1.07. The molecule has 1 unspecified atom stereocenters. The van der Waals surface area contributed by atoms with E-state index in [2.05, 4.69) is 28.7 Å². The van der Waals surface area contributed by atoms with Crippen molar-refractivity contribution in [2.45, 2.75) is 32.9 Å². The van der Waals surface area contributed by atoms with Crippen LogP contribution in [0.25, 0.3) is 0 Å². The normalized spacial score (nSPS) is 13.1. The third-order valence-electron chi connectivity index (χ3n) is 2.89. The van der Waals surface area contributed by atoms with E-state index in [1.54, 1.807) is 0 Å². The van der Waals surface area contributed by atoms with Gasteiger partial charge in [-0.1, -0.05) is 13.8 Å². The highest BCUT2D eigenvalue weighted by Gasteiger charge is 2.09. The lowest BCUT2D eigenvalue weighted by atomic mass is 10.1. The highest BCUT2D eigenvalue weighted by Crippen LogP contribution is 2.10. The molecule has 1 aromatic heterocycles. The number of hydrogen-bond acceptors (Lipinski definition) is 4. The Kier molecular flexibility index (Phi) is 5.62. The molecule has 5 heteroatoms. The first-order chi connectivity index (χ1) is 8.41. The van der Waals surface area contributed by atoms with E-state index in [4.69, 9.17) is 0 Å². The van der Waals surface area contributed by atoms with Gasteiger partial charge in [-0.2, -0.15) is 0 Å². The molecule has 2 N–H and O–H groups in total. The van der Waals surface area contributed by atoms with Crippen molar-refractivity contribution in [2.24, 2.45) is 13.0 Å². The van der Waals surface area contributed by atoms with Crippen LogP contribution in [0, 0.1) is 5.92 Å². The van der Waals surface area contributed by atoms with Crippen LogP contribution in [-0.4, -0.2) is 41.4 Å². The summed E-state index contributed by atoms with van der Waals surface area (Å²) in [6.07, 6.45) is 2.44. The maximum Gasteiger partial charge on any atom is 0.204 e. The third-order valence-corrected chi connectivity index (χ3v) is 2.89. The maximum absolute atomic E-state index is 9.77. The molecule has 1 rings (SSSR count). The molecule has 1 atom stereocenters. The molecule has 18 heavy (non-hydrogen) atoms. The molecule has 0 aliphatic rings. The summed E-state index contributed by atoms with van der Waals surface area (Å²) in [4.78, 5) is 6.33. The average molecular weight is 254 g/mol. The third kappa shape index (κ3) is 4.31. The fraction of sp³-hybridized carbons (Fsp3) is 0.769. The molecule has 0 spiro atoms. The molecule has 104 valence electrons. The Balaban J connectivity index is 2.40. The van der Waals surface area contributed by atoms with Gasteiger partial charge in [0.15, 0.2) is 0 Å². The van der Waals surface area contributed by atoms with Crippen LogP contribution in [0.4, 0.5) is 5.95 Å². The Morgan fingerprint density at radius 1 is 1.44 bits per heavy atom. The van der Waals surface area contributed by atoms with Gasteiger partial charge in [0.1, 0.15) is 0 Å². The van der Waals surface area contributed by atoms with E-state index in [0.717, 1.165) is 24.6 Å². The van der Waals surface area contributed by atoms with Gasteiger partial charge < -0.3 is 19.9 Å². The van der Waals surface area contributed by atoms with Gasteiger partial charge in [0.25, 0.3) is 0 Å². The topological polar surface area (TPSA) is 53.3 Å². The van der Waals surface area contributed by atoms with Crippen molar-refractivity contribution in [3.8, 4) is 0 Å². The van der Waals surface area contributed by atoms with Gasteiger partial charge in [0.05, 0.1) is 18.0 Å². The van der Waals surface area contributed by atoms with Crippen LogP contribution < -0.4 is 10.2 Å². The van der Waals surface area contributed by atoms with E-state index in [9.17, 15) is 5.11 Å². The fourth-order valence-electron chi connectivity index (χ4n) is 2.01.